The second-order valence-corrected chi connectivity index (χ2v) is 5.97. The third-order valence-electron chi connectivity index (χ3n) is 3.24. The molecule has 2 rings (SSSR count). The Morgan fingerprint density at radius 3 is 2.78 bits per heavy atom. The van der Waals surface area contributed by atoms with Crippen molar-refractivity contribution in [1.82, 2.24) is 9.55 Å². The van der Waals surface area contributed by atoms with Crippen molar-refractivity contribution in [1.29, 1.82) is 0 Å². The summed E-state index contributed by atoms with van der Waals surface area (Å²) in [6, 6.07) is 2.52. The molecule has 0 fully saturated rings. The van der Waals surface area contributed by atoms with Crippen molar-refractivity contribution in [2.45, 2.75) is 39.3 Å². The van der Waals surface area contributed by atoms with Gasteiger partial charge in [-0.2, -0.15) is 11.3 Å². The molecule has 0 aliphatic heterocycles. The van der Waals surface area contributed by atoms with E-state index in [1.165, 1.54) is 5.56 Å². The van der Waals surface area contributed by atoms with Crippen LogP contribution in [-0.4, -0.2) is 9.55 Å². The number of aromatic nitrogens is 2. The molecule has 0 bridgehead atoms. The first-order valence-electron chi connectivity index (χ1n) is 6.39. The third kappa shape index (κ3) is 2.82. The van der Waals surface area contributed by atoms with E-state index in [-0.39, 0.29) is 6.04 Å². The van der Waals surface area contributed by atoms with Crippen LogP contribution in [0.2, 0.25) is 0 Å². The van der Waals surface area contributed by atoms with Gasteiger partial charge in [0.1, 0.15) is 0 Å². The van der Waals surface area contributed by atoms with Gasteiger partial charge in [0.15, 0.2) is 0 Å². The summed E-state index contributed by atoms with van der Waals surface area (Å²) in [6.07, 6.45) is 4.77. The van der Waals surface area contributed by atoms with E-state index >= 15 is 0 Å². The summed E-state index contributed by atoms with van der Waals surface area (Å²) in [5.41, 5.74) is 8.72. The highest BCUT2D eigenvalue weighted by molar-refractivity contribution is 7.07. The minimum Gasteiger partial charge on any atom is -0.326 e. The Hall–Kier alpha value is -1.13. The molecular weight excluding hydrogens is 242 g/mol. The van der Waals surface area contributed by atoms with Crippen molar-refractivity contribution in [3.05, 3.63) is 40.6 Å². The Bertz CT molecular complexity index is 473. The smallest absolute Gasteiger partial charge is 0.0954 e. The molecule has 2 unspecified atom stereocenters. The fraction of sp³-hybridized carbons (Fsp3) is 0.500. The zero-order valence-corrected chi connectivity index (χ0v) is 12.0. The molecule has 2 atom stereocenters. The van der Waals surface area contributed by atoms with Gasteiger partial charge in [0.05, 0.1) is 18.1 Å². The lowest BCUT2D eigenvalue weighted by Gasteiger charge is -2.20. The van der Waals surface area contributed by atoms with Crippen molar-refractivity contribution in [2.24, 2.45) is 11.7 Å². The van der Waals surface area contributed by atoms with Gasteiger partial charge in [-0.15, -0.1) is 0 Å². The predicted octanol–water partition coefficient (Wildman–Crippen LogP) is 3.60. The van der Waals surface area contributed by atoms with Crippen molar-refractivity contribution >= 4 is 11.3 Å². The Morgan fingerprint density at radius 1 is 1.39 bits per heavy atom. The third-order valence-corrected chi connectivity index (χ3v) is 3.95. The van der Waals surface area contributed by atoms with Crippen molar-refractivity contribution in [3.8, 4) is 0 Å². The van der Waals surface area contributed by atoms with E-state index in [2.05, 4.69) is 47.1 Å². The van der Waals surface area contributed by atoms with E-state index in [4.69, 9.17) is 5.73 Å². The van der Waals surface area contributed by atoms with Crippen LogP contribution in [0.15, 0.2) is 29.4 Å². The normalized spacial score (nSPS) is 14.9. The number of hydrogen-bond acceptors (Lipinski definition) is 3. The maximum absolute atomic E-state index is 6.27. The standard InChI is InChI=1S/C14H21N3S/c1-10(2)6-13(15)14-7-16-9-17(14)11(3)12-4-5-18-8-12/h4-5,7-11,13H,6,15H2,1-3H3. The van der Waals surface area contributed by atoms with Gasteiger partial charge in [-0.05, 0) is 41.7 Å². The summed E-state index contributed by atoms with van der Waals surface area (Å²) in [6.45, 7) is 6.58. The van der Waals surface area contributed by atoms with E-state index < -0.39 is 0 Å². The van der Waals surface area contributed by atoms with Gasteiger partial charge in [0, 0.05) is 12.2 Å². The first-order valence-corrected chi connectivity index (χ1v) is 7.33. The topological polar surface area (TPSA) is 43.8 Å². The largest absolute Gasteiger partial charge is 0.326 e. The highest BCUT2D eigenvalue weighted by atomic mass is 32.1. The molecule has 2 aromatic heterocycles. The van der Waals surface area contributed by atoms with Crippen molar-refractivity contribution in [3.63, 3.8) is 0 Å². The average Bonchev–Trinajstić information content (AvgIpc) is 2.98. The maximum atomic E-state index is 6.27. The molecule has 2 N–H and O–H groups in total. The molecule has 0 radical (unpaired) electrons. The molecular formula is C14H21N3S. The SMILES string of the molecule is CC(C)CC(N)c1cncn1C(C)c1ccsc1. The molecule has 0 aliphatic rings. The van der Waals surface area contributed by atoms with Gasteiger partial charge in [-0.3, -0.25) is 0 Å². The molecule has 0 amide bonds. The van der Waals surface area contributed by atoms with Crippen LogP contribution in [0.3, 0.4) is 0 Å². The van der Waals surface area contributed by atoms with E-state index in [1.807, 2.05) is 12.5 Å². The molecule has 0 aromatic carbocycles. The zero-order valence-electron chi connectivity index (χ0n) is 11.2. The van der Waals surface area contributed by atoms with Gasteiger partial charge in [0.2, 0.25) is 0 Å². The second-order valence-electron chi connectivity index (χ2n) is 5.19. The van der Waals surface area contributed by atoms with Gasteiger partial charge in [-0.25, -0.2) is 4.98 Å². The lowest BCUT2D eigenvalue weighted by atomic mass is 10.0. The van der Waals surface area contributed by atoms with Crippen LogP contribution in [0, 0.1) is 5.92 Å². The number of nitrogens with zero attached hydrogens (tertiary/aromatic N) is 2. The van der Waals surface area contributed by atoms with Gasteiger partial charge < -0.3 is 10.3 Å². The molecule has 4 heteroatoms. The highest BCUT2D eigenvalue weighted by Crippen LogP contribution is 2.26. The number of thiophene rings is 1. The molecule has 0 spiro atoms. The number of nitrogens with two attached hydrogens (primary N) is 1. The summed E-state index contributed by atoms with van der Waals surface area (Å²) in [4.78, 5) is 4.27. The Kier molecular flexibility index (Phi) is 4.19. The molecule has 2 aromatic rings. The van der Waals surface area contributed by atoms with E-state index in [0.717, 1.165) is 12.1 Å². The van der Waals surface area contributed by atoms with E-state index in [0.29, 0.717) is 12.0 Å². The summed E-state index contributed by atoms with van der Waals surface area (Å²) in [5, 5.41) is 4.29. The van der Waals surface area contributed by atoms with Crippen LogP contribution in [0.1, 0.15) is 50.5 Å². The quantitative estimate of drug-likeness (QED) is 0.895. The molecule has 3 nitrogen and oxygen atoms in total. The van der Waals surface area contributed by atoms with E-state index in [1.54, 1.807) is 11.3 Å². The molecule has 18 heavy (non-hydrogen) atoms. The van der Waals surface area contributed by atoms with Crippen molar-refractivity contribution < 1.29 is 0 Å². The zero-order chi connectivity index (χ0) is 13.1. The minimum absolute atomic E-state index is 0.0635. The fourth-order valence-corrected chi connectivity index (χ4v) is 2.97. The molecule has 2 heterocycles. The van der Waals surface area contributed by atoms with Crippen LogP contribution in [0.25, 0.3) is 0 Å². The van der Waals surface area contributed by atoms with Gasteiger partial charge >= 0.3 is 0 Å². The first kappa shape index (κ1) is 13.3. The molecule has 0 aliphatic carbocycles. The lowest BCUT2D eigenvalue weighted by molar-refractivity contribution is 0.475. The number of hydrogen-bond donors (Lipinski definition) is 1. The molecule has 98 valence electrons. The summed E-state index contributed by atoms with van der Waals surface area (Å²) in [7, 11) is 0. The second kappa shape index (κ2) is 5.67. The molecule has 0 saturated heterocycles. The van der Waals surface area contributed by atoms with Crippen LogP contribution >= 0.6 is 11.3 Å². The summed E-state index contributed by atoms with van der Waals surface area (Å²) < 4.78 is 2.19. The monoisotopic (exact) mass is 263 g/mol. The maximum Gasteiger partial charge on any atom is 0.0954 e. The Labute approximate surface area is 113 Å². The minimum atomic E-state index is 0.0635. The summed E-state index contributed by atoms with van der Waals surface area (Å²) in [5.74, 6) is 0.597. The van der Waals surface area contributed by atoms with Crippen LogP contribution < -0.4 is 5.73 Å². The lowest BCUT2D eigenvalue weighted by Crippen LogP contribution is -2.19. The Morgan fingerprint density at radius 2 is 2.17 bits per heavy atom. The van der Waals surface area contributed by atoms with E-state index in [9.17, 15) is 0 Å². The molecule has 0 saturated carbocycles. The highest BCUT2D eigenvalue weighted by Gasteiger charge is 2.17. The van der Waals surface area contributed by atoms with Crippen LogP contribution in [0.5, 0.6) is 0 Å². The van der Waals surface area contributed by atoms with Crippen LogP contribution in [-0.2, 0) is 0 Å². The first-order chi connectivity index (χ1) is 8.59. The van der Waals surface area contributed by atoms with Gasteiger partial charge in [0.25, 0.3) is 0 Å². The van der Waals surface area contributed by atoms with Crippen LogP contribution in [0.4, 0.5) is 0 Å². The predicted molar refractivity (Wildman–Crippen MR) is 76.7 cm³/mol. The summed E-state index contributed by atoms with van der Waals surface area (Å²) >= 11 is 1.73. The van der Waals surface area contributed by atoms with Gasteiger partial charge in [-0.1, -0.05) is 13.8 Å². The number of imidazole rings is 1. The number of rotatable bonds is 5. The van der Waals surface area contributed by atoms with Crippen molar-refractivity contribution in [2.75, 3.05) is 0 Å². The average molecular weight is 263 g/mol. The fourth-order valence-electron chi connectivity index (χ4n) is 2.23. The Balaban J connectivity index is 2.22.